The highest BCUT2D eigenvalue weighted by molar-refractivity contribution is 7.84. The van der Waals surface area contributed by atoms with Crippen LogP contribution in [0.15, 0.2) is 0 Å². The van der Waals surface area contributed by atoms with Crippen LogP contribution >= 0.6 is 0 Å². The molecule has 0 bridgehead atoms. The predicted octanol–water partition coefficient (Wildman–Crippen LogP) is 1.67. The molecule has 1 saturated carbocycles. The number of hydrogen-bond donors (Lipinski definition) is 2. The minimum absolute atomic E-state index is 0.215. The van der Waals surface area contributed by atoms with E-state index in [4.69, 9.17) is 0 Å². The second-order valence-electron chi connectivity index (χ2n) is 5.42. The van der Waals surface area contributed by atoms with Gasteiger partial charge in [0.1, 0.15) is 0 Å². The van der Waals surface area contributed by atoms with Gasteiger partial charge in [-0.05, 0) is 25.7 Å². The molecule has 2 N–H and O–H groups in total. The number of hydrogen-bond acceptors (Lipinski definition) is 3. The van der Waals surface area contributed by atoms with Gasteiger partial charge in [0.2, 0.25) is 0 Å². The Bertz CT molecular complexity index is 229. The van der Waals surface area contributed by atoms with Crippen molar-refractivity contribution in [2.45, 2.75) is 57.6 Å². The van der Waals surface area contributed by atoms with E-state index in [2.05, 4.69) is 12.2 Å². The Morgan fingerprint density at radius 2 is 2.06 bits per heavy atom. The van der Waals surface area contributed by atoms with Gasteiger partial charge in [-0.2, -0.15) is 0 Å². The Labute approximate surface area is 108 Å². The smallest absolute Gasteiger partial charge is 0.0667 e. The molecule has 0 aromatic rings. The van der Waals surface area contributed by atoms with E-state index in [0.717, 1.165) is 24.5 Å². The van der Waals surface area contributed by atoms with E-state index in [1.54, 1.807) is 6.26 Å². The predicted molar refractivity (Wildman–Crippen MR) is 73.6 cm³/mol. The molecule has 0 heterocycles. The fourth-order valence-electron chi connectivity index (χ4n) is 2.50. The molecule has 17 heavy (non-hydrogen) atoms. The lowest BCUT2D eigenvalue weighted by atomic mass is 10.00. The first kappa shape index (κ1) is 15.1. The second kappa shape index (κ2) is 8.22. The van der Waals surface area contributed by atoms with E-state index in [0.29, 0.717) is 12.6 Å². The van der Waals surface area contributed by atoms with Crippen LogP contribution in [0.5, 0.6) is 0 Å². The van der Waals surface area contributed by atoms with Crippen molar-refractivity contribution in [1.29, 1.82) is 0 Å². The van der Waals surface area contributed by atoms with Crippen molar-refractivity contribution in [3.05, 3.63) is 0 Å². The van der Waals surface area contributed by atoms with Gasteiger partial charge in [-0.25, -0.2) is 0 Å². The van der Waals surface area contributed by atoms with E-state index in [1.165, 1.54) is 25.7 Å². The fraction of sp³-hybridized carbons (Fsp3) is 1.00. The maximum Gasteiger partial charge on any atom is 0.0667 e. The van der Waals surface area contributed by atoms with Gasteiger partial charge in [0.25, 0.3) is 0 Å². The van der Waals surface area contributed by atoms with E-state index >= 15 is 0 Å². The van der Waals surface area contributed by atoms with Crippen molar-refractivity contribution in [2.75, 3.05) is 18.6 Å². The normalized spacial score (nSPS) is 22.5. The van der Waals surface area contributed by atoms with Crippen molar-refractivity contribution in [3.63, 3.8) is 0 Å². The monoisotopic (exact) mass is 261 g/mol. The molecular weight excluding hydrogens is 234 g/mol. The van der Waals surface area contributed by atoms with Crippen LogP contribution in [-0.4, -0.2) is 40.0 Å². The lowest BCUT2D eigenvalue weighted by Gasteiger charge is -2.19. The Morgan fingerprint density at radius 1 is 1.41 bits per heavy atom. The zero-order chi connectivity index (χ0) is 12.7. The van der Waals surface area contributed by atoms with E-state index in [-0.39, 0.29) is 6.10 Å². The second-order valence-corrected chi connectivity index (χ2v) is 6.97. The number of rotatable bonds is 8. The number of aliphatic hydroxyl groups is 1. The number of aliphatic hydroxyl groups excluding tert-OH is 1. The SMILES string of the molecule is CC(CCS(C)=O)NCC(O)CC1CCCC1. The fourth-order valence-corrected chi connectivity index (χ4v) is 3.18. The summed E-state index contributed by atoms with van der Waals surface area (Å²) in [7, 11) is -0.707. The van der Waals surface area contributed by atoms with Crippen molar-refractivity contribution in [2.24, 2.45) is 5.92 Å². The van der Waals surface area contributed by atoms with Gasteiger partial charge in [-0.1, -0.05) is 25.7 Å². The van der Waals surface area contributed by atoms with Crippen LogP contribution in [0.2, 0.25) is 0 Å². The Morgan fingerprint density at radius 3 is 2.65 bits per heavy atom. The Balaban J connectivity index is 2.05. The van der Waals surface area contributed by atoms with Gasteiger partial charge in [0.05, 0.1) is 6.10 Å². The van der Waals surface area contributed by atoms with Gasteiger partial charge in [0, 0.05) is 35.4 Å². The molecule has 3 unspecified atom stereocenters. The third-order valence-corrected chi connectivity index (χ3v) is 4.43. The van der Waals surface area contributed by atoms with E-state index in [9.17, 15) is 9.32 Å². The number of nitrogens with one attached hydrogen (secondary N) is 1. The molecule has 0 aliphatic heterocycles. The summed E-state index contributed by atoms with van der Waals surface area (Å²) in [5.41, 5.74) is 0. The summed E-state index contributed by atoms with van der Waals surface area (Å²) in [5, 5.41) is 13.2. The first-order valence-corrected chi connectivity index (χ1v) is 8.52. The lowest BCUT2D eigenvalue weighted by molar-refractivity contribution is 0.137. The standard InChI is InChI=1S/C13H27NO2S/c1-11(7-8-17(2)16)14-10-13(15)9-12-5-3-4-6-12/h11-15H,3-10H2,1-2H3. The zero-order valence-corrected chi connectivity index (χ0v) is 12.0. The summed E-state index contributed by atoms with van der Waals surface area (Å²) in [4.78, 5) is 0. The molecule has 0 aromatic heterocycles. The minimum Gasteiger partial charge on any atom is -0.392 e. The zero-order valence-electron chi connectivity index (χ0n) is 11.2. The molecule has 102 valence electrons. The van der Waals surface area contributed by atoms with Gasteiger partial charge in [-0.15, -0.1) is 0 Å². The summed E-state index contributed by atoms with van der Waals surface area (Å²) >= 11 is 0. The van der Waals surface area contributed by atoms with Gasteiger partial charge in [-0.3, -0.25) is 4.21 Å². The lowest BCUT2D eigenvalue weighted by Crippen LogP contribution is -2.35. The average molecular weight is 261 g/mol. The molecular formula is C13H27NO2S. The minimum atomic E-state index is -0.707. The van der Waals surface area contributed by atoms with Crippen LogP contribution in [0.25, 0.3) is 0 Å². The van der Waals surface area contributed by atoms with E-state index < -0.39 is 10.8 Å². The largest absolute Gasteiger partial charge is 0.392 e. The molecule has 3 atom stereocenters. The highest BCUT2D eigenvalue weighted by Gasteiger charge is 2.18. The summed E-state index contributed by atoms with van der Waals surface area (Å²) in [6.45, 7) is 2.77. The maximum absolute atomic E-state index is 11.0. The molecule has 1 aliphatic carbocycles. The van der Waals surface area contributed by atoms with Crippen LogP contribution in [0, 0.1) is 5.92 Å². The first-order chi connectivity index (χ1) is 8.08. The molecule has 0 radical (unpaired) electrons. The molecule has 1 rings (SSSR count). The molecule has 0 spiro atoms. The van der Waals surface area contributed by atoms with Crippen LogP contribution < -0.4 is 5.32 Å². The van der Waals surface area contributed by atoms with Crippen molar-refractivity contribution < 1.29 is 9.32 Å². The summed E-state index contributed by atoms with van der Waals surface area (Å²) in [6, 6.07) is 0.345. The quantitative estimate of drug-likeness (QED) is 0.699. The van der Waals surface area contributed by atoms with Crippen LogP contribution in [0.4, 0.5) is 0 Å². The average Bonchev–Trinajstić information content (AvgIpc) is 2.76. The molecule has 1 fully saturated rings. The summed E-state index contributed by atoms with van der Waals surface area (Å²) < 4.78 is 11.0. The van der Waals surface area contributed by atoms with Crippen molar-refractivity contribution in [1.82, 2.24) is 5.32 Å². The topological polar surface area (TPSA) is 49.3 Å². The summed E-state index contributed by atoms with van der Waals surface area (Å²) in [5.74, 6) is 1.48. The van der Waals surface area contributed by atoms with Crippen molar-refractivity contribution >= 4 is 10.8 Å². The van der Waals surface area contributed by atoms with Crippen LogP contribution in [0.3, 0.4) is 0 Å². The molecule has 4 heteroatoms. The Kier molecular flexibility index (Phi) is 7.32. The van der Waals surface area contributed by atoms with E-state index in [1.807, 2.05) is 0 Å². The third kappa shape index (κ3) is 7.17. The molecule has 0 aromatic carbocycles. The van der Waals surface area contributed by atoms with Gasteiger partial charge < -0.3 is 10.4 Å². The third-order valence-electron chi connectivity index (χ3n) is 3.62. The molecule has 3 nitrogen and oxygen atoms in total. The van der Waals surface area contributed by atoms with Crippen LogP contribution in [-0.2, 0) is 10.8 Å². The van der Waals surface area contributed by atoms with Gasteiger partial charge in [0.15, 0.2) is 0 Å². The highest BCUT2D eigenvalue weighted by atomic mass is 32.2. The molecule has 0 amide bonds. The van der Waals surface area contributed by atoms with Crippen molar-refractivity contribution in [3.8, 4) is 0 Å². The van der Waals surface area contributed by atoms with Crippen LogP contribution in [0.1, 0.15) is 45.4 Å². The maximum atomic E-state index is 11.0. The van der Waals surface area contributed by atoms with Gasteiger partial charge >= 0.3 is 0 Å². The first-order valence-electron chi connectivity index (χ1n) is 6.79. The molecule has 1 aliphatic rings. The molecule has 0 saturated heterocycles. The summed E-state index contributed by atoms with van der Waals surface area (Å²) in [6.07, 6.45) is 8.64. The Hall–Kier alpha value is 0.0700. The highest BCUT2D eigenvalue weighted by Crippen LogP contribution is 2.28.